The SMILES string of the molecule is Brc1ccc(CNCC2CCCN2)cc1. The fraction of sp³-hybridized carbons (Fsp3) is 0.500. The minimum Gasteiger partial charge on any atom is -0.313 e. The second kappa shape index (κ2) is 5.64. The number of rotatable bonds is 4. The molecule has 1 fully saturated rings. The van der Waals surface area contributed by atoms with Gasteiger partial charge in [0.1, 0.15) is 0 Å². The summed E-state index contributed by atoms with van der Waals surface area (Å²) in [6.07, 6.45) is 2.64. The highest BCUT2D eigenvalue weighted by atomic mass is 79.9. The summed E-state index contributed by atoms with van der Waals surface area (Å²) in [5.41, 5.74) is 1.34. The van der Waals surface area contributed by atoms with Gasteiger partial charge < -0.3 is 10.6 Å². The molecule has 0 spiro atoms. The van der Waals surface area contributed by atoms with Gasteiger partial charge in [0.05, 0.1) is 0 Å². The Balaban J connectivity index is 1.71. The largest absolute Gasteiger partial charge is 0.313 e. The molecule has 1 atom stereocenters. The highest BCUT2D eigenvalue weighted by Gasteiger charge is 2.12. The molecule has 1 heterocycles. The summed E-state index contributed by atoms with van der Waals surface area (Å²) < 4.78 is 1.14. The van der Waals surface area contributed by atoms with E-state index in [-0.39, 0.29) is 0 Å². The van der Waals surface area contributed by atoms with Gasteiger partial charge >= 0.3 is 0 Å². The summed E-state index contributed by atoms with van der Waals surface area (Å²) in [4.78, 5) is 0. The molecule has 1 aromatic rings. The summed E-state index contributed by atoms with van der Waals surface area (Å²) in [5, 5.41) is 6.97. The van der Waals surface area contributed by atoms with Crippen molar-refractivity contribution in [1.29, 1.82) is 0 Å². The molecule has 2 rings (SSSR count). The normalized spacial score (nSPS) is 20.7. The van der Waals surface area contributed by atoms with E-state index in [0.717, 1.165) is 17.6 Å². The average Bonchev–Trinajstić information content (AvgIpc) is 2.74. The van der Waals surface area contributed by atoms with Gasteiger partial charge in [0, 0.05) is 23.6 Å². The third-order valence-corrected chi connectivity index (χ3v) is 3.32. The molecular weight excluding hydrogens is 252 g/mol. The van der Waals surface area contributed by atoms with Gasteiger partial charge in [-0.1, -0.05) is 28.1 Å². The van der Waals surface area contributed by atoms with Crippen molar-refractivity contribution in [2.75, 3.05) is 13.1 Å². The van der Waals surface area contributed by atoms with E-state index in [1.807, 2.05) is 0 Å². The number of halogens is 1. The van der Waals surface area contributed by atoms with E-state index in [1.54, 1.807) is 0 Å². The van der Waals surface area contributed by atoms with Crippen molar-refractivity contribution in [3.63, 3.8) is 0 Å². The van der Waals surface area contributed by atoms with Crippen LogP contribution in [-0.2, 0) is 6.54 Å². The third-order valence-electron chi connectivity index (χ3n) is 2.80. The van der Waals surface area contributed by atoms with Crippen LogP contribution in [0.5, 0.6) is 0 Å². The lowest BCUT2D eigenvalue weighted by Gasteiger charge is -2.11. The van der Waals surface area contributed by atoms with Crippen LogP contribution < -0.4 is 10.6 Å². The Bertz CT molecular complexity index is 291. The van der Waals surface area contributed by atoms with Crippen molar-refractivity contribution < 1.29 is 0 Å². The van der Waals surface area contributed by atoms with Crippen LogP contribution in [0.15, 0.2) is 28.7 Å². The van der Waals surface area contributed by atoms with Gasteiger partial charge in [0.15, 0.2) is 0 Å². The fourth-order valence-electron chi connectivity index (χ4n) is 1.92. The molecule has 0 radical (unpaired) electrons. The summed E-state index contributed by atoms with van der Waals surface area (Å²) in [6.45, 7) is 3.23. The minimum absolute atomic E-state index is 0.681. The molecule has 0 amide bonds. The van der Waals surface area contributed by atoms with Crippen molar-refractivity contribution in [2.24, 2.45) is 0 Å². The molecule has 1 unspecified atom stereocenters. The maximum atomic E-state index is 3.49. The van der Waals surface area contributed by atoms with Crippen LogP contribution in [0.4, 0.5) is 0 Å². The van der Waals surface area contributed by atoms with Gasteiger partial charge in [-0.05, 0) is 37.1 Å². The monoisotopic (exact) mass is 268 g/mol. The van der Waals surface area contributed by atoms with E-state index in [2.05, 4.69) is 50.8 Å². The van der Waals surface area contributed by atoms with Gasteiger partial charge in [-0.3, -0.25) is 0 Å². The molecule has 15 heavy (non-hydrogen) atoms. The molecule has 1 saturated heterocycles. The maximum Gasteiger partial charge on any atom is 0.0206 e. The van der Waals surface area contributed by atoms with Crippen molar-refractivity contribution in [2.45, 2.75) is 25.4 Å². The van der Waals surface area contributed by atoms with Crippen molar-refractivity contribution in [1.82, 2.24) is 10.6 Å². The summed E-state index contributed by atoms with van der Waals surface area (Å²) in [5.74, 6) is 0. The fourth-order valence-corrected chi connectivity index (χ4v) is 2.19. The Kier molecular flexibility index (Phi) is 4.18. The lowest BCUT2D eigenvalue weighted by molar-refractivity contribution is 0.536. The molecule has 0 aliphatic carbocycles. The molecule has 1 aliphatic rings. The quantitative estimate of drug-likeness (QED) is 0.876. The maximum absolute atomic E-state index is 3.49. The van der Waals surface area contributed by atoms with E-state index >= 15 is 0 Å². The third kappa shape index (κ3) is 3.59. The van der Waals surface area contributed by atoms with Crippen LogP contribution in [0.25, 0.3) is 0 Å². The zero-order valence-electron chi connectivity index (χ0n) is 8.80. The zero-order chi connectivity index (χ0) is 10.5. The van der Waals surface area contributed by atoms with Crippen LogP contribution in [0.3, 0.4) is 0 Å². The zero-order valence-corrected chi connectivity index (χ0v) is 10.4. The van der Waals surface area contributed by atoms with E-state index in [4.69, 9.17) is 0 Å². The van der Waals surface area contributed by atoms with Crippen LogP contribution in [0.2, 0.25) is 0 Å². The lowest BCUT2D eigenvalue weighted by Crippen LogP contribution is -2.33. The smallest absolute Gasteiger partial charge is 0.0206 e. The summed E-state index contributed by atoms with van der Waals surface area (Å²) in [6, 6.07) is 9.16. The topological polar surface area (TPSA) is 24.1 Å². The Morgan fingerprint density at radius 3 is 2.80 bits per heavy atom. The van der Waals surface area contributed by atoms with Crippen LogP contribution >= 0.6 is 15.9 Å². The van der Waals surface area contributed by atoms with Gasteiger partial charge in [-0.15, -0.1) is 0 Å². The second-order valence-electron chi connectivity index (χ2n) is 4.05. The van der Waals surface area contributed by atoms with Gasteiger partial charge in [-0.25, -0.2) is 0 Å². The lowest BCUT2D eigenvalue weighted by atomic mass is 10.2. The van der Waals surface area contributed by atoms with Crippen LogP contribution in [-0.4, -0.2) is 19.1 Å². The molecule has 0 bridgehead atoms. The van der Waals surface area contributed by atoms with Crippen LogP contribution in [0, 0.1) is 0 Å². The number of hydrogen-bond donors (Lipinski definition) is 2. The highest BCUT2D eigenvalue weighted by Crippen LogP contribution is 2.10. The predicted molar refractivity (Wildman–Crippen MR) is 66.9 cm³/mol. The summed E-state index contributed by atoms with van der Waals surface area (Å²) in [7, 11) is 0. The first kappa shape index (κ1) is 11.1. The molecule has 0 saturated carbocycles. The van der Waals surface area contributed by atoms with E-state index < -0.39 is 0 Å². The molecule has 82 valence electrons. The Hall–Kier alpha value is -0.380. The van der Waals surface area contributed by atoms with Crippen molar-refractivity contribution >= 4 is 15.9 Å². The van der Waals surface area contributed by atoms with E-state index in [1.165, 1.54) is 24.9 Å². The van der Waals surface area contributed by atoms with E-state index in [0.29, 0.717) is 6.04 Å². The molecule has 3 heteroatoms. The van der Waals surface area contributed by atoms with Crippen molar-refractivity contribution in [3.8, 4) is 0 Å². The predicted octanol–water partition coefficient (Wildman–Crippen LogP) is 2.29. The number of benzene rings is 1. The number of hydrogen-bond acceptors (Lipinski definition) is 2. The first-order chi connectivity index (χ1) is 7.34. The standard InChI is InChI=1S/C12H17BrN2/c13-11-5-3-10(4-6-11)8-14-9-12-2-1-7-15-12/h3-6,12,14-15H,1-2,7-9H2. The van der Waals surface area contributed by atoms with Gasteiger partial charge in [-0.2, -0.15) is 0 Å². The van der Waals surface area contributed by atoms with Gasteiger partial charge in [0.25, 0.3) is 0 Å². The number of nitrogens with one attached hydrogen (secondary N) is 2. The second-order valence-corrected chi connectivity index (χ2v) is 4.97. The molecule has 1 aromatic carbocycles. The molecule has 2 N–H and O–H groups in total. The Morgan fingerprint density at radius 2 is 2.13 bits per heavy atom. The average molecular weight is 269 g/mol. The molecule has 2 nitrogen and oxygen atoms in total. The van der Waals surface area contributed by atoms with Crippen molar-refractivity contribution in [3.05, 3.63) is 34.3 Å². The highest BCUT2D eigenvalue weighted by molar-refractivity contribution is 9.10. The Morgan fingerprint density at radius 1 is 1.33 bits per heavy atom. The Labute approximate surface area is 99.6 Å². The molecular formula is C12H17BrN2. The van der Waals surface area contributed by atoms with E-state index in [9.17, 15) is 0 Å². The van der Waals surface area contributed by atoms with Gasteiger partial charge in [0.2, 0.25) is 0 Å². The summed E-state index contributed by atoms with van der Waals surface area (Å²) >= 11 is 3.44. The minimum atomic E-state index is 0.681. The molecule has 0 aromatic heterocycles. The first-order valence-electron chi connectivity index (χ1n) is 5.53. The van der Waals surface area contributed by atoms with Crippen LogP contribution in [0.1, 0.15) is 18.4 Å². The molecule has 1 aliphatic heterocycles. The first-order valence-corrected chi connectivity index (χ1v) is 6.32.